The minimum absolute atomic E-state index is 0.296. The van der Waals surface area contributed by atoms with Gasteiger partial charge in [-0.2, -0.15) is 0 Å². The van der Waals surface area contributed by atoms with Gasteiger partial charge in [0.15, 0.2) is 0 Å². The van der Waals surface area contributed by atoms with E-state index in [1.807, 2.05) is 0 Å². The Morgan fingerprint density at radius 2 is 1.82 bits per heavy atom. The molecular weight excluding hydrogens is 134 g/mol. The third-order valence-electron chi connectivity index (χ3n) is 2.70. The molecule has 1 saturated carbocycles. The molecule has 1 aliphatic rings. The SMILES string of the molecule is CCC1(CNC(C)(C)C)CC1. The van der Waals surface area contributed by atoms with Gasteiger partial charge in [0.1, 0.15) is 0 Å². The summed E-state index contributed by atoms with van der Waals surface area (Å²) < 4.78 is 0. The highest BCUT2D eigenvalue weighted by atomic mass is 15.0. The minimum Gasteiger partial charge on any atom is -0.312 e. The quantitative estimate of drug-likeness (QED) is 0.660. The number of nitrogens with one attached hydrogen (secondary N) is 1. The van der Waals surface area contributed by atoms with Crippen LogP contribution in [-0.2, 0) is 0 Å². The van der Waals surface area contributed by atoms with E-state index in [-0.39, 0.29) is 0 Å². The summed E-state index contributed by atoms with van der Waals surface area (Å²) in [5, 5.41) is 3.58. The Morgan fingerprint density at radius 1 is 1.27 bits per heavy atom. The molecule has 1 fully saturated rings. The molecule has 11 heavy (non-hydrogen) atoms. The van der Waals surface area contributed by atoms with E-state index in [4.69, 9.17) is 0 Å². The fraction of sp³-hybridized carbons (Fsp3) is 1.00. The normalized spacial score (nSPS) is 21.8. The second-order valence-corrected chi connectivity index (χ2v) is 4.96. The van der Waals surface area contributed by atoms with Gasteiger partial charge in [0.25, 0.3) is 0 Å². The smallest absolute Gasteiger partial charge is 0.00967 e. The van der Waals surface area contributed by atoms with Gasteiger partial charge in [-0.1, -0.05) is 6.92 Å². The first-order valence-electron chi connectivity index (χ1n) is 4.72. The summed E-state index contributed by atoms with van der Waals surface area (Å²) in [5.41, 5.74) is 0.984. The molecule has 1 nitrogen and oxygen atoms in total. The van der Waals surface area contributed by atoms with Crippen molar-refractivity contribution >= 4 is 0 Å². The Balaban J connectivity index is 2.22. The molecule has 0 bridgehead atoms. The summed E-state index contributed by atoms with van der Waals surface area (Å²) in [7, 11) is 0. The maximum atomic E-state index is 3.58. The second-order valence-electron chi connectivity index (χ2n) is 4.96. The first kappa shape index (κ1) is 9.05. The van der Waals surface area contributed by atoms with E-state index in [1.165, 1.54) is 25.8 Å². The number of rotatable bonds is 3. The van der Waals surface area contributed by atoms with Gasteiger partial charge >= 0.3 is 0 Å². The average molecular weight is 155 g/mol. The topological polar surface area (TPSA) is 12.0 Å². The fourth-order valence-electron chi connectivity index (χ4n) is 1.28. The molecular formula is C10H21N. The van der Waals surface area contributed by atoms with Crippen LogP contribution in [0.5, 0.6) is 0 Å². The van der Waals surface area contributed by atoms with Gasteiger partial charge in [-0.3, -0.25) is 0 Å². The van der Waals surface area contributed by atoms with Crippen LogP contribution in [0.2, 0.25) is 0 Å². The third kappa shape index (κ3) is 2.82. The molecule has 0 radical (unpaired) electrons. The van der Waals surface area contributed by atoms with Crippen LogP contribution < -0.4 is 5.32 Å². The first-order chi connectivity index (χ1) is 4.97. The summed E-state index contributed by atoms with van der Waals surface area (Å²) in [4.78, 5) is 0. The summed E-state index contributed by atoms with van der Waals surface area (Å²) in [5.74, 6) is 0. The Bertz CT molecular complexity index is 128. The lowest BCUT2D eigenvalue weighted by Crippen LogP contribution is -2.39. The Labute approximate surface area is 70.6 Å². The maximum absolute atomic E-state index is 3.58. The van der Waals surface area contributed by atoms with Crippen molar-refractivity contribution in [3.63, 3.8) is 0 Å². The first-order valence-corrected chi connectivity index (χ1v) is 4.72. The van der Waals surface area contributed by atoms with E-state index in [0.717, 1.165) is 0 Å². The molecule has 0 aromatic rings. The van der Waals surface area contributed by atoms with Crippen LogP contribution in [0.25, 0.3) is 0 Å². The lowest BCUT2D eigenvalue weighted by Gasteiger charge is -2.24. The highest BCUT2D eigenvalue weighted by Gasteiger charge is 2.40. The minimum atomic E-state index is 0.296. The molecule has 0 atom stereocenters. The number of hydrogen-bond donors (Lipinski definition) is 1. The summed E-state index contributed by atoms with van der Waals surface area (Å²) in [6.07, 6.45) is 4.22. The van der Waals surface area contributed by atoms with Crippen LogP contribution in [0.1, 0.15) is 47.0 Å². The Morgan fingerprint density at radius 3 is 2.09 bits per heavy atom. The van der Waals surface area contributed by atoms with E-state index < -0.39 is 0 Å². The second kappa shape index (κ2) is 2.78. The van der Waals surface area contributed by atoms with Gasteiger partial charge in [0.05, 0.1) is 0 Å². The van der Waals surface area contributed by atoms with E-state index >= 15 is 0 Å². The van der Waals surface area contributed by atoms with Crippen LogP contribution >= 0.6 is 0 Å². The zero-order valence-electron chi connectivity index (χ0n) is 8.33. The highest BCUT2D eigenvalue weighted by molar-refractivity contribution is 4.94. The molecule has 0 aromatic heterocycles. The van der Waals surface area contributed by atoms with Crippen LogP contribution in [0.15, 0.2) is 0 Å². The van der Waals surface area contributed by atoms with Crippen LogP contribution in [-0.4, -0.2) is 12.1 Å². The van der Waals surface area contributed by atoms with Crippen molar-refractivity contribution in [2.75, 3.05) is 6.54 Å². The third-order valence-corrected chi connectivity index (χ3v) is 2.70. The monoisotopic (exact) mass is 155 g/mol. The molecule has 0 saturated heterocycles. The molecule has 1 N–H and O–H groups in total. The van der Waals surface area contributed by atoms with Crippen molar-refractivity contribution < 1.29 is 0 Å². The summed E-state index contributed by atoms with van der Waals surface area (Å²) in [6.45, 7) is 10.2. The van der Waals surface area contributed by atoms with Crippen molar-refractivity contribution in [1.82, 2.24) is 5.32 Å². The van der Waals surface area contributed by atoms with E-state index in [9.17, 15) is 0 Å². The Hall–Kier alpha value is -0.0400. The highest BCUT2D eigenvalue weighted by Crippen LogP contribution is 2.48. The summed E-state index contributed by atoms with van der Waals surface area (Å²) in [6, 6.07) is 0. The van der Waals surface area contributed by atoms with Gasteiger partial charge in [0, 0.05) is 12.1 Å². The molecule has 1 aliphatic carbocycles. The van der Waals surface area contributed by atoms with Crippen LogP contribution in [0, 0.1) is 5.41 Å². The van der Waals surface area contributed by atoms with E-state index in [0.29, 0.717) is 11.0 Å². The van der Waals surface area contributed by atoms with Crippen molar-refractivity contribution in [2.45, 2.75) is 52.5 Å². The van der Waals surface area contributed by atoms with Gasteiger partial charge in [-0.25, -0.2) is 0 Å². The van der Waals surface area contributed by atoms with Crippen molar-refractivity contribution in [3.8, 4) is 0 Å². The average Bonchev–Trinajstić information content (AvgIpc) is 2.63. The molecule has 0 aromatic carbocycles. The van der Waals surface area contributed by atoms with Crippen molar-refractivity contribution in [2.24, 2.45) is 5.41 Å². The molecule has 0 amide bonds. The van der Waals surface area contributed by atoms with Crippen molar-refractivity contribution in [3.05, 3.63) is 0 Å². The van der Waals surface area contributed by atoms with E-state index in [1.54, 1.807) is 0 Å². The zero-order chi connectivity index (χ0) is 8.54. The predicted octanol–water partition coefficient (Wildman–Crippen LogP) is 2.56. The predicted molar refractivity (Wildman–Crippen MR) is 49.7 cm³/mol. The molecule has 0 heterocycles. The van der Waals surface area contributed by atoms with Gasteiger partial charge in [-0.15, -0.1) is 0 Å². The van der Waals surface area contributed by atoms with Gasteiger partial charge < -0.3 is 5.32 Å². The lowest BCUT2D eigenvalue weighted by atomic mass is 10.0. The van der Waals surface area contributed by atoms with Crippen LogP contribution in [0.4, 0.5) is 0 Å². The molecule has 1 heteroatoms. The fourth-order valence-corrected chi connectivity index (χ4v) is 1.28. The summed E-state index contributed by atoms with van der Waals surface area (Å²) >= 11 is 0. The molecule has 0 spiro atoms. The largest absolute Gasteiger partial charge is 0.312 e. The molecule has 1 rings (SSSR count). The van der Waals surface area contributed by atoms with Gasteiger partial charge in [0.2, 0.25) is 0 Å². The van der Waals surface area contributed by atoms with E-state index in [2.05, 4.69) is 33.0 Å². The lowest BCUT2D eigenvalue weighted by molar-refractivity contribution is 0.351. The maximum Gasteiger partial charge on any atom is 0.00967 e. The van der Waals surface area contributed by atoms with Crippen molar-refractivity contribution in [1.29, 1.82) is 0 Å². The zero-order valence-corrected chi connectivity index (χ0v) is 8.33. The Kier molecular flexibility index (Phi) is 2.29. The molecule has 66 valence electrons. The molecule has 0 unspecified atom stereocenters. The molecule has 0 aliphatic heterocycles. The van der Waals surface area contributed by atoms with Gasteiger partial charge in [-0.05, 0) is 45.4 Å². The van der Waals surface area contributed by atoms with Crippen LogP contribution in [0.3, 0.4) is 0 Å². The number of hydrogen-bond acceptors (Lipinski definition) is 1. The standard InChI is InChI=1S/C10H21N/c1-5-10(6-7-10)8-11-9(2,3)4/h11H,5-8H2,1-4H3.